The molecular weight excluding hydrogens is 182 g/mol. The van der Waals surface area contributed by atoms with Crippen molar-refractivity contribution in [3.63, 3.8) is 0 Å². The van der Waals surface area contributed by atoms with Gasteiger partial charge in [0, 0.05) is 16.7 Å². The molecule has 1 aromatic rings. The van der Waals surface area contributed by atoms with Crippen molar-refractivity contribution in [3.05, 3.63) is 22.2 Å². The Balaban J connectivity index is 3.00. The van der Waals surface area contributed by atoms with E-state index in [0.29, 0.717) is 11.6 Å². The number of nitrogens with zero attached hydrogens (tertiary/aromatic N) is 5. The van der Waals surface area contributed by atoms with Crippen molar-refractivity contribution in [1.29, 1.82) is 0 Å². The lowest BCUT2D eigenvalue weighted by Crippen LogP contribution is -2.07. The van der Waals surface area contributed by atoms with Crippen LogP contribution < -0.4 is 4.74 Å². The Morgan fingerprint density at radius 3 is 2.79 bits per heavy atom. The van der Waals surface area contributed by atoms with Gasteiger partial charge in [-0.15, -0.1) is 0 Å². The molecule has 0 aliphatic rings. The van der Waals surface area contributed by atoms with Crippen LogP contribution in [0.4, 0.5) is 5.95 Å². The monoisotopic (exact) mass is 193 g/mol. The van der Waals surface area contributed by atoms with Crippen LogP contribution in [-0.2, 0) is 0 Å². The van der Waals surface area contributed by atoms with Crippen molar-refractivity contribution < 1.29 is 4.74 Å². The molecule has 14 heavy (non-hydrogen) atoms. The third-order valence-electron chi connectivity index (χ3n) is 1.31. The number of azide groups is 1. The molecule has 0 aliphatic carbocycles. The molecule has 1 aromatic heterocycles. The number of aryl methyl sites for hydroxylation is 1. The van der Waals surface area contributed by atoms with Gasteiger partial charge in [-0.05, 0) is 31.4 Å². The van der Waals surface area contributed by atoms with Gasteiger partial charge >= 0.3 is 0 Å². The summed E-state index contributed by atoms with van der Waals surface area (Å²) in [7, 11) is 0. The molecule has 0 bridgehead atoms. The van der Waals surface area contributed by atoms with Crippen LogP contribution in [0.2, 0.25) is 0 Å². The third kappa shape index (κ3) is 2.91. The first kappa shape index (κ1) is 10.3. The Morgan fingerprint density at radius 1 is 1.50 bits per heavy atom. The zero-order chi connectivity index (χ0) is 10.6. The molecule has 0 spiro atoms. The van der Waals surface area contributed by atoms with Crippen molar-refractivity contribution in [3.8, 4) is 5.88 Å². The van der Waals surface area contributed by atoms with Gasteiger partial charge in [0.15, 0.2) is 0 Å². The average Bonchev–Trinajstić information content (AvgIpc) is 2.01. The van der Waals surface area contributed by atoms with Crippen LogP contribution in [0.5, 0.6) is 5.88 Å². The van der Waals surface area contributed by atoms with E-state index in [1.54, 1.807) is 13.0 Å². The van der Waals surface area contributed by atoms with Crippen LogP contribution in [0.15, 0.2) is 11.2 Å². The minimum absolute atomic E-state index is 0.0308. The maximum Gasteiger partial charge on any atom is 0.219 e. The molecular formula is C8H11N5O. The largest absolute Gasteiger partial charge is 0.475 e. The number of rotatable bonds is 3. The van der Waals surface area contributed by atoms with Gasteiger partial charge in [-0.3, -0.25) is 0 Å². The molecule has 1 heterocycles. The molecule has 6 heteroatoms. The predicted molar refractivity (Wildman–Crippen MR) is 51.3 cm³/mol. The quantitative estimate of drug-likeness (QED) is 0.420. The maximum atomic E-state index is 8.22. The normalized spacial score (nSPS) is 9.71. The van der Waals surface area contributed by atoms with Gasteiger partial charge in [-0.25, -0.2) is 4.98 Å². The fraction of sp³-hybridized carbons (Fsp3) is 0.500. The van der Waals surface area contributed by atoms with Gasteiger partial charge in [0.2, 0.25) is 11.8 Å². The molecule has 0 aliphatic heterocycles. The van der Waals surface area contributed by atoms with E-state index in [0.717, 1.165) is 0 Å². The SMILES string of the molecule is Cc1cc(OC(C)C)nc(N=[N+]=[N-])n1. The van der Waals surface area contributed by atoms with E-state index in [-0.39, 0.29) is 12.1 Å². The van der Waals surface area contributed by atoms with E-state index in [1.165, 1.54) is 0 Å². The topological polar surface area (TPSA) is 83.8 Å². The Labute approximate surface area is 81.6 Å². The van der Waals surface area contributed by atoms with Crippen molar-refractivity contribution in [1.82, 2.24) is 9.97 Å². The summed E-state index contributed by atoms with van der Waals surface area (Å²) in [5.74, 6) is 0.512. The Hall–Kier alpha value is -1.81. The van der Waals surface area contributed by atoms with Crippen molar-refractivity contribution in [2.75, 3.05) is 0 Å². The van der Waals surface area contributed by atoms with E-state index in [2.05, 4.69) is 20.0 Å². The number of aromatic nitrogens is 2. The van der Waals surface area contributed by atoms with Crippen LogP contribution in [0.3, 0.4) is 0 Å². The smallest absolute Gasteiger partial charge is 0.219 e. The Kier molecular flexibility index (Phi) is 3.25. The average molecular weight is 193 g/mol. The Bertz CT molecular complexity index is 370. The molecule has 0 radical (unpaired) electrons. The van der Waals surface area contributed by atoms with Gasteiger partial charge in [0.1, 0.15) is 0 Å². The van der Waals surface area contributed by atoms with Gasteiger partial charge in [-0.1, -0.05) is 0 Å². The van der Waals surface area contributed by atoms with Crippen molar-refractivity contribution in [2.24, 2.45) is 5.11 Å². The second-order valence-electron chi connectivity index (χ2n) is 3.00. The highest BCUT2D eigenvalue weighted by Gasteiger charge is 2.02. The van der Waals surface area contributed by atoms with Crippen LogP contribution in [-0.4, -0.2) is 16.1 Å². The highest BCUT2D eigenvalue weighted by atomic mass is 16.5. The number of ether oxygens (including phenoxy) is 1. The lowest BCUT2D eigenvalue weighted by molar-refractivity contribution is 0.232. The first-order valence-corrected chi connectivity index (χ1v) is 4.19. The fourth-order valence-electron chi connectivity index (χ4n) is 0.911. The highest BCUT2D eigenvalue weighted by molar-refractivity contribution is 5.24. The molecule has 0 aromatic carbocycles. The Morgan fingerprint density at radius 2 is 2.21 bits per heavy atom. The number of hydrogen-bond donors (Lipinski definition) is 0. The fourth-order valence-corrected chi connectivity index (χ4v) is 0.911. The molecule has 1 rings (SSSR count). The minimum atomic E-state index is 0.0308. The van der Waals surface area contributed by atoms with Gasteiger partial charge < -0.3 is 4.74 Å². The summed E-state index contributed by atoms with van der Waals surface area (Å²) >= 11 is 0. The summed E-state index contributed by atoms with van der Waals surface area (Å²) in [5.41, 5.74) is 8.93. The summed E-state index contributed by atoms with van der Waals surface area (Å²) in [6.07, 6.45) is 0.0308. The zero-order valence-corrected chi connectivity index (χ0v) is 8.30. The van der Waals surface area contributed by atoms with Crippen LogP contribution in [0, 0.1) is 6.92 Å². The lowest BCUT2D eigenvalue weighted by atomic mass is 10.4. The molecule has 0 atom stereocenters. The zero-order valence-electron chi connectivity index (χ0n) is 8.30. The van der Waals surface area contributed by atoms with Gasteiger partial charge in [0.25, 0.3) is 0 Å². The van der Waals surface area contributed by atoms with E-state index in [4.69, 9.17) is 10.3 Å². The first-order chi connectivity index (χ1) is 6.61. The molecule has 0 saturated carbocycles. The lowest BCUT2D eigenvalue weighted by Gasteiger charge is -2.08. The van der Waals surface area contributed by atoms with Gasteiger partial charge in [0.05, 0.1) is 6.10 Å². The van der Waals surface area contributed by atoms with Crippen LogP contribution in [0.1, 0.15) is 19.5 Å². The molecule has 0 fully saturated rings. The van der Waals surface area contributed by atoms with E-state index in [1.807, 2.05) is 13.8 Å². The van der Waals surface area contributed by atoms with Crippen LogP contribution >= 0.6 is 0 Å². The van der Waals surface area contributed by atoms with E-state index < -0.39 is 0 Å². The number of hydrogen-bond acceptors (Lipinski definition) is 4. The molecule has 6 nitrogen and oxygen atoms in total. The third-order valence-corrected chi connectivity index (χ3v) is 1.31. The van der Waals surface area contributed by atoms with Gasteiger partial charge in [-0.2, -0.15) is 4.98 Å². The second-order valence-corrected chi connectivity index (χ2v) is 3.00. The van der Waals surface area contributed by atoms with E-state index >= 15 is 0 Å². The summed E-state index contributed by atoms with van der Waals surface area (Å²) in [6, 6.07) is 1.69. The van der Waals surface area contributed by atoms with Crippen molar-refractivity contribution >= 4 is 5.95 Å². The standard InChI is InChI=1S/C8H11N5O/c1-5(2)14-7-4-6(3)10-8(11-7)12-13-9/h4-5H,1-3H3. The van der Waals surface area contributed by atoms with Crippen LogP contribution in [0.25, 0.3) is 10.4 Å². The summed E-state index contributed by atoms with van der Waals surface area (Å²) in [5, 5.41) is 3.31. The minimum Gasteiger partial charge on any atom is -0.475 e. The molecule has 0 saturated heterocycles. The molecule has 0 unspecified atom stereocenters. The molecule has 0 N–H and O–H groups in total. The first-order valence-electron chi connectivity index (χ1n) is 4.19. The maximum absolute atomic E-state index is 8.22. The van der Waals surface area contributed by atoms with E-state index in [9.17, 15) is 0 Å². The molecule has 0 amide bonds. The second kappa shape index (κ2) is 4.43. The van der Waals surface area contributed by atoms with Crippen molar-refractivity contribution in [2.45, 2.75) is 26.9 Å². The summed E-state index contributed by atoms with van der Waals surface area (Å²) in [4.78, 5) is 10.4. The highest BCUT2D eigenvalue weighted by Crippen LogP contribution is 2.15. The summed E-state index contributed by atoms with van der Waals surface area (Å²) < 4.78 is 5.35. The summed E-state index contributed by atoms with van der Waals surface area (Å²) in [6.45, 7) is 5.57. The molecule has 74 valence electrons. The predicted octanol–water partition coefficient (Wildman–Crippen LogP) is 2.51.